The fourth-order valence-corrected chi connectivity index (χ4v) is 1.75. The van der Waals surface area contributed by atoms with Gasteiger partial charge < -0.3 is 15.2 Å². The number of carbonyl (C=O) groups is 2. The summed E-state index contributed by atoms with van der Waals surface area (Å²) in [4.78, 5) is 21.2. The molecule has 0 saturated heterocycles. The lowest BCUT2D eigenvalue weighted by atomic mass is 10.1. The Kier molecular flexibility index (Phi) is 5.10. The van der Waals surface area contributed by atoms with Crippen molar-refractivity contribution in [1.29, 1.82) is 0 Å². The van der Waals surface area contributed by atoms with E-state index < -0.39 is 12.6 Å². The number of carboxylic acid groups (broad SMARTS) is 1. The highest BCUT2D eigenvalue weighted by Gasteiger charge is 2.15. The van der Waals surface area contributed by atoms with Crippen molar-refractivity contribution in [3.63, 3.8) is 0 Å². The van der Waals surface area contributed by atoms with Crippen LogP contribution in [0.1, 0.15) is 25.7 Å². The third-order valence-electron chi connectivity index (χ3n) is 2.52. The van der Waals surface area contributed by atoms with E-state index in [4.69, 9.17) is 5.11 Å². The topological polar surface area (TPSA) is 75.6 Å². The van der Waals surface area contributed by atoms with Crippen LogP contribution in [0.25, 0.3) is 0 Å². The molecule has 2 N–H and O–H groups in total. The number of hydrogen-bond acceptors (Lipinski definition) is 3. The summed E-state index contributed by atoms with van der Waals surface area (Å²) in [5, 5.41) is 11.0. The zero-order valence-corrected chi connectivity index (χ0v) is 8.70. The Morgan fingerprint density at radius 3 is 2.53 bits per heavy atom. The van der Waals surface area contributed by atoms with Crippen molar-refractivity contribution in [3.8, 4) is 0 Å². The van der Waals surface area contributed by atoms with Crippen LogP contribution in [0.3, 0.4) is 0 Å². The van der Waals surface area contributed by atoms with Crippen LogP contribution < -0.4 is 5.32 Å². The minimum atomic E-state index is -1.06. The Hall–Kier alpha value is -1.10. The predicted molar refractivity (Wildman–Crippen MR) is 53.4 cm³/mol. The molecule has 0 bridgehead atoms. The van der Waals surface area contributed by atoms with E-state index in [1.54, 1.807) is 0 Å². The van der Waals surface area contributed by atoms with E-state index in [-0.39, 0.29) is 12.5 Å². The van der Waals surface area contributed by atoms with Crippen LogP contribution in [0.2, 0.25) is 0 Å². The minimum absolute atomic E-state index is 0.168. The SMILES string of the molecule is O=C(O)COCC(=O)NCC1CCCC1. The lowest BCUT2D eigenvalue weighted by Crippen LogP contribution is -2.32. The van der Waals surface area contributed by atoms with Crippen molar-refractivity contribution in [3.05, 3.63) is 0 Å². The summed E-state index contributed by atoms with van der Waals surface area (Å²) in [6, 6.07) is 0. The molecule has 5 nitrogen and oxygen atoms in total. The average molecular weight is 215 g/mol. The average Bonchev–Trinajstić information content (AvgIpc) is 2.66. The van der Waals surface area contributed by atoms with E-state index in [0.717, 1.165) is 0 Å². The van der Waals surface area contributed by atoms with Gasteiger partial charge in [-0.1, -0.05) is 12.8 Å². The van der Waals surface area contributed by atoms with Crippen LogP contribution in [-0.2, 0) is 14.3 Å². The predicted octanol–water partition coefficient (Wildman–Crippen LogP) is 0.394. The summed E-state index contributed by atoms with van der Waals surface area (Å²) in [6.45, 7) is 0.102. The minimum Gasteiger partial charge on any atom is -0.480 e. The molecule has 0 atom stereocenters. The Morgan fingerprint density at radius 2 is 1.93 bits per heavy atom. The van der Waals surface area contributed by atoms with Gasteiger partial charge in [-0.3, -0.25) is 4.79 Å². The van der Waals surface area contributed by atoms with Crippen LogP contribution in [0.4, 0.5) is 0 Å². The van der Waals surface area contributed by atoms with Gasteiger partial charge in [0, 0.05) is 6.54 Å². The van der Waals surface area contributed by atoms with Crippen molar-refractivity contribution in [2.75, 3.05) is 19.8 Å². The number of amides is 1. The smallest absolute Gasteiger partial charge is 0.329 e. The maximum atomic E-state index is 11.2. The van der Waals surface area contributed by atoms with Gasteiger partial charge in [0.1, 0.15) is 13.2 Å². The van der Waals surface area contributed by atoms with Crippen LogP contribution >= 0.6 is 0 Å². The molecule has 1 saturated carbocycles. The van der Waals surface area contributed by atoms with Crippen LogP contribution in [0.15, 0.2) is 0 Å². The van der Waals surface area contributed by atoms with Gasteiger partial charge in [-0.15, -0.1) is 0 Å². The fourth-order valence-electron chi connectivity index (χ4n) is 1.75. The van der Waals surface area contributed by atoms with E-state index >= 15 is 0 Å². The third kappa shape index (κ3) is 5.37. The lowest BCUT2D eigenvalue weighted by Gasteiger charge is -2.10. The van der Waals surface area contributed by atoms with Crippen LogP contribution in [0.5, 0.6) is 0 Å². The normalized spacial score (nSPS) is 16.5. The summed E-state index contributed by atoms with van der Waals surface area (Å²) in [5.41, 5.74) is 0. The van der Waals surface area contributed by atoms with Crippen LogP contribution in [0, 0.1) is 5.92 Å². The molecular formula is C10H17NO4. The standard InChI is InChI=1S/C10H17NO4/c12-9(6-15-7-10(13)14)11-5-8-3-1-2-4-8/h8H,1-7H2,(H,11,12)(H,13,14). The molecule has 1 aliphatic carbocycles. The van der Waals surface area contributed by atoms with Crippen molar-refractivity contribution in [1.82, 2.24) is 5.32 Å². The van der Waals surface area contributed by atoms with Crippen LogP contribution in [-0.4, -0.2) is 36.7 Å². The second-order valence-corrected chi connectivity index (χ2v) is 3.84. The van der Waals surface area contributed by atoms with E-state index in [9.17, 15) is 9.59 Å². The Labute approximate surface area is 88.8 Å². The molecule has 0 aliphatic heterocycles. The number of carbonyl (C=O) groups excluding carboxylic acids is 1. The van der Waals surface area contributed by atoms with Crippen molar-refractivity contribution < 1.29 is 19.4 Å². The van der Waals surface area contributed by atoms with Gasteiger partial charge in [-0.05, 0) is 18.8 Å². The molecular weight excluding hydrogens is 198 g/mol. The highest BCUT2D eigenvalue weighted by molar-refractivity contribution is 5.77. The third-order valence-corrected chi connectivity index (χ3v) is 2.52. The van der Waals surface area contributed by atoms with Crippen molar-refractivity contribution in [2.45, 2.75) is 25.7 Å². The fraction of sp³-hybridized carbons (Fsp3) is 0.800. The molecule has 1 aliphatic rings. The highest BCUT2D eigenvalue weighted by atomic mass is 16.5. The molecule has 0 spiro atoms. The Morgan fingerprint density at radius 1 is 1.27 bits per heavy atom. The number of rotatable bonds is 6. The Balaban J connectivity index is 2.00. The van der Waals surface area contributed by atoms with Crippen molar-refractivity contribution >= 4 is 11.9 Å². The first-order valence-electron chi connectivity index (χ1n) is 5.24. The second-order valence-electron chi connectivity index (χ2n) is 3.84. The van der Waals surface area contributed by atoms with E-state index in [1.165, 1.54) is 25.7 Å². The van der Waals surface area contributed by atoms with Gasteiger partial charge in [-0.25, -0.2) is 4.79 Å². The zero-order valence-electron chi connectivity index (χ0n) is 8.70. The number of nitrogens with one attached hydrogen (secondary N) is 1. The van der Waals surface area contributed by atoms with E-state index in [0.29, 0.717) is 12.5 Å². The molecule has 0 heterocycles. The lowest BCUT2D eigenvalue weighted by molar-refractivity contribution is -0.143. The maximum absolute atomic E-state index is 11.2. The molecule has 0 aromatic carbocycles. The first kappa shape index (κ1) is 12.0. The maximum Gasteiger partial charge on any atom is 0.329 e. The molecule has 0 aromatic rings. The van der Waals surface area contributed by atoms with Crippen molar-refractivity contribution in [2.24, 2.45) is 5.92 Å². The molecule has 15 heavy (non-hydrogen) atoms. The summed E-state index contributed by atoms with van der Waals surface area (Å²) in [6.07, 6.45) is 4.85. The molecule has 1 fully saturated rings. The highest BCUT2D eigenvalue weighted by Crippen LogP contribution is 2.23. The number of carboxylic acids is 1. The summed E-state index contributed by atoms with van der Waals surface area (Å²) in [7, 11) is 0. The molecule has 1 amide bonds. The monoisotopic (exact) mass is 215 g/mol. The molecule has 86 valence electrons. The number of hydrogen-bond donors (Lipinski definition) is 2. The summed E-state index contributed by atoms with van der Waals surface area (Å²) < 4.78 is 4.66. The quantitative estimate of drug-likeness (QED) is 0.672. The van der Waals surface area contributed by atoms with Gasteiger partial charge in [0.15, 0.2) is 0 Å². The number of aliphatic carboxylic acids is 1. The van der Waals surface area contributed by atoms with Gasteiger partial charge >= 0.3 is 5.97 Å². The molecule has 1 rings (SSSR count). The summed E-state index contributed by atoms with van der Waals surface area (Å²) >= 11 is 0. The second kappa shape index (κ2) is 6.40. The molecule has 0 aromatic heterocycles. The largest absolute Gasteiger partial charge is 0.480 e. The van der Waals surface area contributed by atoms with Gasteiger partial charge in [0.2, 0.25) is 5.91 Å². The molecule has 0 radical (unpaired) electrons. The first-order chi connectivity index (χ1) is 7.18. The number of ether oxygens (including phenoxy) is 1. The summed E-state index contributed by atoms with van der Waals surface area (Å²) in [5.74, 6) is -0.699. The van der Waals surface area contributed by atoms with Gasteiger partial charge in [0.25, 0.3) is 0 Å². The van der Waals surface area contributed by atoms with E-state index in [2.05, 4.69) is 10.1 Å². The Bertz CT molecular complexity index is 223. The molecule has 5 heteroatoms. The molecule has 0 unspecified atom stereocenters. The zero-order chi connectivity index (χ0) is 11.1. The van der Waals surface area contributed by atoms with Gasteiger partial charge in [0.05, 0.1) is 0 Å². The first-order valence-corrected chi connectivity index (χ1v) is 5.24. The van der Waals surface area contributed by atoms with Gasteiger partial charge in [-0.2, -0.15) is 0 Å². The van der Waals surface area contributed by atoms with E-state index in [1.807, 2.05) is 0 Å².